The number of hydrogen-bond donors (Lipinski definition) is 2. The van der Waals surface area contributed by atoms with Crippen LogP contribution in [0.15, 0.2) is 41.4 Å². The highest BCUT2D eigenvalue weighted by Crippen LogP contribution is 2.21. The van der Waals surface area contributed by atoms with E-state index in [1.165, 1.54) is 18.5 Å². The molecule has 0 atom stereocenters. The Bertz CT molecular complexity index is 560. The Morgan fingerprint density at radius 1 is 1.35 bits per heavy atom. The van der Waals surface area contributed by atoms with Gasteiger partial charge >= 0.3 is 0 Å². The lowest BCUT2D eigenvalue weighted by Crippen LogP contribution is -2.12. The first-order valence-corrected chi connectivity index (χ1v) is 5.52. The molecule has 0 spiro atoms. The number of nitrogens with zero attached hydrogens (tertiary/aromatic N) is 2. The summed E-state index contributed by atoms with van der Waals surface area (Å²) in [5, 5.41) is 12.1. The second-order valence-electron chi connectivity index (χ2n) is 3.19. The molecule has 0 aliphatic heterocycles. The van der Waals surface area contributed by atoms with Crippen molar-refractivity contribution in [2.45, 2.75) is 0 Å². The molecule has 2 aromatic rings. The third-order valence-electron chi connectivity index (χ3n) is 2.05. The van der Waals surface area contributed by atoms with Gasteiger partial charge in [-0.3, -0.25) is 9.78 Å². The Balaban J connectivity index is 2.24. The normalized spacial score (nSPS) is 9.94. The Morgan fingerprint density at radius 3 is 2.88 bits per heavy atom. The minimum Gasteiger partial charge on any atom is -0.505 e. The summed E-state index contributed by atoms with van der Waals surface area (Å²) in [6.07, 6.45) is 4.25. The highest BCUT2D eigenvalue weighted by atomic mass is 79.9. The summed E-state index contributed by atoms with van der Waals surface area (Å²) in [5.41, 5.74) is 0.699. The molecular weight excluding hydrogens is 286 g/mol. The Morgan fingerprint density at radius 2 is 2.18 bits per heavy atom. The summed E-state index contributed by atoms with van der Waals surface area (Å²) in [4.78, 5) is 19.5. The summed E-state index contributed by atoms with van der Waals surface area (Å²) in [5.74, 6) is -0.580. The number of amides is 1. The number of carbonyl (C=O) groups is 1. The molecule has 2 N–H and O–H groups in total. The zero-order valence-corrected chi connectivity index (χ0v) is 10.2. The SMILES string of the molecule is O=C(Nc1cccnc1Br)c1ccncc1O. The van der Waals surface area contributed by atoms with Crippen LogP contribution in [0.1, 0.15) is 10.4 Å². The number of halogens is 1. The Kier molecular flexibility index (Phi) is 3.34. The van der Waals surface area contributed by atoms with E-state index in [-0.39, 0.29) is 11.3 Å². The van der Waals surface area contributed by atoms with E-state index in [0.717, 1.165) is 0 Å². The maximum Gasteiger partial charge on any atom is 0.259 e. The van der Waals surface area contributed by atoms with Crippen molar-refractivity contribution >= 4 is 27.5 Å². The lowest BCUT2D eigenvalue weighted by molar-refractivity contribution is 0.102. The zero-order chi connectivity index (χ0) is 12.3. The third kappa shape index (κ3) is 2.59. The van der Waals surface area contributed by atoms with Gasteiger partial charge in [-0.15, -0.1) is 0 Å². The fourth-order valence-corrected chi connectivity index (χ4v) is 1.60. The molecule has 1 amide bonds. The maximum absolute atomic E-state index is 11.8. The average molecular weight is 294 g/mol. The van der Waals surface area contributed by atoms with Crippen LogP contribution in [-0.2, 0) is 0 Å². The van der Waals surface area contributed by atoms with Crippen LogP contribution in [0.2, 0.25) is 0 Å². The number of pyridine rings is 2. The van der Waals surface area contributed by atoms with E-state index in [0.29, 0.717) is 10.3 Å². The van der Waals surface area contributed by atoms with E-state index in [1.54, 1.807) is 18.3 Å². The van der Waals surface area contributed by atoms with Crippen LogP contribution in [-0.4, -0.2) is 21.0 Å². The van der Waals surface area contributed by atoms with Gasteiger partial charge in [-0.05, 0) is 34.1 Å². The van der Waals surface area contributed by atoms with Gasteiger partial charge < -0.3 is 10.4 Å². The first-order chi connectivity index (χ1) is 8.18. The fraction of sp³-hybridized carbons (Fsp3) is 0. The smallest absolute Gasteiger partial charge is 0.259 e. The topological polar surface area (TPSA) is 75.1 Å². The monoisotopic (exact) mass is 293 g/mol. The molecule has 86 valence electrons. The number of hydrogen-bond acceptors (Lipinski definition) is 4. The average Bonchev–Trinajstić information content (AvgIpc) is 2.32. The van der Waals surface area contributed by atoms with Crippen LogP contribution in [0.25, 0.3) is 0 Å². The van der Waals surface area contributed by atoms with Crippen LogP contribution < -0.4 is 5.32 Å². The van der Waals surface area contributed by atoms with Gasteiger partial charge in [-0.2, -0.15) is 0 Å². The van der Waals surface area contributed by atoms with Gasteiger partial charge in [0.1, 0.15) is 10.4 Å². The van der Waals surface area contributed by atoms with Crippen molar-refractivity contribution in [3.63, 3.8) is 0 Å². The van der Waals surface area contributed by atoms with E-state index in [4.69, 9.17) is 0 Å². The van der Waals surface area contributed by atoms with Crippen molar-refractivity contribution in [2.24, 2.45) is 0 Å². The van der Waals surface area contributed by atoms with Crippen molar-refractivity contribution in [1.29, 1.82) is 0 Å². The number of nitrogens with one attached hydrogen (secondary N) is 1. The first-order valence-electron chi connectivity index (χ1n) is 4.73. The number of aromatic nitrogens is 2. The fourth-order valence-electron chi connectivity index (χ4n) is 1.25. The van der Waals surface area contributed by atoms with Crippen LogP contribution in [0.3, 0.4) is 0 Å². The van der Waals surface area contributed by atoms with Gasteiger partial charge in [0.25, 0.3) is 5.91 Å². The largest absolute Gasteiger partial charge is 0.505 e. The van der Waals surface area contributed by atoms with Crippen molar-refractivity contribution < 1.29 is 9.90 Å². The molecule has 6 heteroatoms. The molecule has 0 bridgehead atoms. The molecule has 0 aromatic carbocycles. The summed E-state index contributed by atoms with van der Waals surface area (Å²) in [7, 11) is 0. The van der Waals surface area contributed by atoms with Gasteiger partial charge in [0.05, 0.1) is 17.4 Å². The second-order valence-corrected chi connectivity index (χ2v) is 3.94. The van der Waals surface area contributed by atoms with Gasteiger partial charge in [0, 0.05) is 12.4 Å². The molecule has 5 nitrogen and oxygen atoms in total. The predicted molar refractivity (Wildman–Crippen MR) is 65.8 cm³/mol. The number of rotatable bonds is 2. The molecule has 0 fully saturated rings. The molecule has 0 saturated heterocycles. The molecule has 0 aliphatic rings. The molecule has 2 heterocycles. The first kappa shape index (κ1) is 11.5. The highest BCUT2D eigenvalue weighted by molar-refractivity contribution is 9.10. The van der Waals surface area contributed by atoms with Gasteiger partial charge in [-0.25, -0.2) is 4.98 Å². The maximum atomic E-state index is 11.8. The van der Waals surface area contributed by atoms with E-state index in [2.05, 4.69) is 31.2 Å². The Labute approximate surface area is 106 Å². The summed E-state index contributed by atoms with van der Waals surface area (Å²) >= 11 is 3.22. The number of aromatic hydroxyl groups is 1. The van der Waals surface area contributed by atoms with Crippen molar-refractivity contribution in [3.8, 4) is 5.75 Å². The van der Waals surface area contributed by atoms with Crippen LogP contribution in [0.4, 0.5) is 5.69 Å². The van der Waals surface area contributed by atoms with Gasteiger partial charge in [-0.1, -0.05) is 0 Å². The molecule has 0 radical (unpaired) electrons. The molecule has 0 saturated carbocycles. The zero-order valence-electron chi connectivity index (χ0n) is 8.59. The van der Waals surface area contributed by atoms with Crippen molar-refractivity contribution in [3.05, 3.63) is 47.0 Å². The van der Waals surface area contributed by atoms with E-state index in [9.17, 15) is 9.90 Å². The van der Waals surface area contributed by atoms with Crippen LogP contribution in [0, 0.1) is 0 Å². The van der Waals surface area contributed by atoms with Crippen LogP contribution in [0.5, 0.6) is 5.75 Å². The van der Waals surface area contributed by atoms with E-state index < -0.39 is 5.91 Å². The quantitative estimate of drug-likeness (QED) is 0.833. The summed E-state index contributed by atoms with van der Waals surface area (Å²) in [6, 6.07) is 4.84. The predicted octanol–water partition coefficient (Wildman–Crippen LogP) is 2.20. The number of carbonyl (C=O) groups excluding carboxylic acids is 1. The molecule has 0 aliphatic carbocycles. The minimum atomic E-state index is -0.418. The lowest BCUT2D eigenvalue weighted by Gasteiger charge is -2.07. The van der Waals surface area contributed by atoms with E-state index >= 15 is 0 Å². The minimum absolute atomic E-state index is 0.162. The number of anilines is 1. The van der Waals surface area contributed by atoms with E-state index in [1.807, 2.05) is 0 Å². The molecule has 0 unspecified atom stereocenters. The Hall–Kier alpha value is -1.95. The lowest BCUT2D eigenvalue weighted by atomic mass is 10.2. The third-order valence-corrected chi connectivity index (χ3v) is 2.68. The van der Waals surface area contributed by atoms with Crippen LogP contribution >= 0.6 is 15.9 Å². The molecule has 17 heavy (non-hydrogen) atoms. The molecule has 2 aromatic heterocycles. The summed E-state index contributed by atoms with van der Waals surface area (Å²) < 4.78 is 0.530. The summed E-state index contributed by atoms with van der Waals surface area (Å²) in [6.45, 7) is 0. The van der Waals surface area contributed by atoms with Gasteiger partial charge in [0.2, 0.25) is 0 Å². The molecular formula is C11H8BrN3O2. The standard InChI is InChI=1S/C11H8BrN3O2/c12-10-8(2-1-4-14-10)15-11(17)7-3-5-13-6-9(7)16/h1-6,16H,(H,15,17). The molecule has 2 rings (SSSR count). The highest BCUT2D eigenvalue weighted by Gasteiger charge is 2.12. The second kappa shape index (κ2) is 4.92. The van der Waals surface area contributed by atoms with Crippen molar-refractivity contribution in [1.82, 2.24) is 9.97 Å². The van der Waals surface area contributed by atoms with Gasteiger partial charge in [0.15, 0.2) is 0 Å². The van der Waals surface area contributed by atoms with Crippen molar-refractivity contribution in [2.75, 3.05) is 5.32 Å².